The van der Waals surface area contributed by atoms with Crippen molar-refractivity contribution < 1.29 is 4.79 Å². The number of carbonyl (C=O) groups is 1. The third kappa shape index (κ3) is 4.44. The van der Waals surface area contributed by atoms with Gasteiger partial charge in [-0.2, -0.15) is 0 Å². The maximum atomic E-state index is 13.6. The Labute approximate surface area is 170 Å². The average Bonchev–Trinajstić information content (AvgIpc) is 3.24. The van der Waals surface area contributed by atoms with E-state index in [0.29, 0.717) is 11.8 Å². The zero-order valence-electron chi connectivity index (χ0n) is 17.3. The molecule has 0 radical (unpaired) electrons. The van der Waals surface area contributed by atoms with Gasteiger partial charge in [0, 0.05) is 37.6 Å². The number of rotatable bonds is 2. The van der Waals surface area contributed by atoms with Gasteiger partial charge in [0.15, 0.2) is 0 Å². The van der Waals surface area contributed by atoms with Gasteiger partial charge in [-0.05, 0) is 24.8 Å². The zero-order chi connectivity index (χ0) is 19.2. The molecule has 4 nitrogen and oxygen atoms in total. The molecular weight excluding hydrogens is 346 g/mol. The van der Waals surface area contributed by atoms with Crippen LogP contribution in [0.2, 0.25) is 0 Å². The Morgan fingerprint density at radius 2 is 1.61 bits per heavy atom. The maximum absolute atomic E-state index is 13.6. The number of piperazine rings is 1. The fourth-order valence-corrected chi connectivity index (χ4v) is 5.64. The van der Waals surface area contributed by atoms with Crippen molar-refractivity contribution in [3.63, 3.8) is 0 Å². The van der Waals surface area contributed by atoms with E-state index < -0.39 is 0 Å². The number of carbonyl (C=O) groups excluding carboxylic acids is 1. The molecule has 2 heterocycles. The molecule has 1 saturated carbocycles. The molecule has 2 saturated heterocycles. The van der Waals surface area contributed by atoms with Gasteiger partial charge in [-0.25, -0.2) is 0 Å². The predicted octanol–water partition coefficient (Wildman–Crippen LogP) is 3.83. The highest BCUT2D eigenvalue weighted by atomic mass is 16.2. The summed E-state index contributed by atoms with van der Waals surface area (Å²) in [5.74, 6) is 0.824. The second kappa shape index (κ2) is 9.41. The van der Waals surface area contributed by atoms with Crippen LogP contribution in [0.25, 0.3) is 0 Å². The van der Waals surface area contributed by atoms with Crippen LogP contribution in [0.3, 0.4) is 0 Å². The van der Waals surface area contributed by atoms with Crippen LogP contribution in [0, 0.1) is 0 Å². The highest BCUT2D eigenvalue weighted by molar-refractivity contribution is 5.84. The fourth-order valence-electron chi connectivity index (χ4n) is 5.64. The predicted molar refractivity (Wildman–Crippen MR) is 114 cm³/mol. The molecule has 1 aliphatic carbocycles. The van der Waals surface area contributed by atoms with Crippen LogP contribution in [0.5, 0.6) is 0 Å². The normalized spacial score (nSPS) is 28.9. The second-order valence-electron chi connectivity index (χ2n) is 9.13. The third-order valence-electron chi connectivity index (χ3n) is 7.27. The van der Waals surface area contributed by atoms with Crippen molar-refractivity contribution >= 4 is 5.91 Å². The molecule has 3 aliphatic rings. The van der Waals surface area contributed by atoms with Crippen molar-refractivity contribution in [1.29, 1.82) is 0 Å². The van der Waals surface area contributed by atoms with Gasteiger partial charge < -0.3 is 15.5 Å². The molecule has 2 atom stereocenters. The number of hydrogen-bond acceptors (Lipinski definition) is 3. The molecule has 28 heavy (non-hydrogen) atoms. The average molecular weight is 384 g/mol. The molecule has 1 spiro atoms. The molecule has 154 valence electrons. The lowest BCUT2D eigenvalue weighted by Gasteiger charge is -2.46. The minimum absolute atomic E-state index is 0.0441. The SMILES string of the molecule is O=C(C1NCCNC12CCCCCCCCC2)N1CC[C@@H](c2ccccc2)C1. The van der Waals surface area contributed by atoms with Gasteiger partial charge in [-0.15, -0.1) is 0 Å². The van der Waals surface area contributed by atoms with Crippen LogP contribution in [0.1, 0.15) is 75.7 Å². The molecular formula is C24H37N3O. The van der Waals surface area contributed by atoms with Gasteiger partial charge in [0.1, 0.15) is 6.04 Å². The van der Waals surface area contributed by atoms with Crippen LogP contribution in [-0.4, -0.2) is 48.6 Å². The Kier molecular flexibility index (Phi) is 6.69. The van der Waals surface area contributed by atoms with Crippen LogP contribution in [0.15, 0.2) is 30.3 Å². The van der Waals surface area contributed by atoms with Gasteiger partial charge >= 0.3 is 0 Å². The molecule has 0 bridgehead atoms. The largest absolute Gasteiger partial charge is 0.341 e. The van der Waals surface area contributed by atoms with Gasteiger partial charge in [0.05, 0.1) is 0 Å². The number of amides is 1. The van der Waals surface area contributed by atoms with Crippen LogP contribution >= 0.6 is 0 Å². The number of nitrogens with one attached hydrogen (secondary N) is 2. The number of hydrogen-bond donors (Lipinski definition) is 2. The summed E-state index contributed by atoms with van der Waals surface area (Å²) in [6.07, 6.45) is 12.5. The second-order valence-corrected chi connectivity index (χ2v) is 9.13. The summed E-state index contributed by atoms with van der Waals surface area (Å²) in [5, 5.41) is 7.48. The molecule has 1 aromatic rings. The van der Waals surface area contributed by atoms with Gasteiger partial charge in [-0.3, -0.25) is 4.79 Å². The molecule has 1 unspecified atom stereocenters. The van der Waals surface area contributed by atoms with Crippen LogP contribution in [-0.2, 0) is 4.79 Å². The van der Waals surface area contributed by atoms with E-state index in [-0.39, 0.29) is 11.6 Å². The smallest absolute Gasteiger partial charge is 0.241 e. The first-order chi connectivity index (χ1) is 13.8. The first-order valence-electron chi connectivity index (χ1n) is 11.6. The summed E-state index contributed by atoms with van der Waals surface area (Å²) in [5.41, 5.74) is 1.33. The molecule has 1 amide bonds. The summed E-state index contributed by atoms with van der Waals surface area (Å²) >= 11 is 0. The van der Waals surface area contributed by atoms with Crippen molar-refractivity contribution in [3.05, 3.63) is 35.9 Å². The van der Waals surface area contributed by atoms with E-state index in [0.717, 1.165) is 45.4 Å². The number of nitrogens with zero attached hydrogens (tertiary/aromatic N) is 1. The van der Waals surface area contributed by atoms with Gasteiger partial charge in [0.25, 0.3) is 0 Å². The van der Waals surface area contributed by atoms with Gasteiger partial charge in [0.2, 0.25) is 5.91 Å². The van der Waals surface area contributed by atoms with E-state index in [1.54, 1.807) is 0 Å². The fraction of sp³-hybridized carbons (Fsp3) is 0.708. The molecule has 4 rings (SSSR count). The van der Waals surface area contributed by atoms with Crippen molar-refractivity contribution in [2.24, 2.45) is 0 Å². The lowest BCUT2D eigenvalue weighted by atomic mass is 9.77. The molecule has 2 aliphatic heterocycles. The first-order valence-corrected chi connectivity index (χ1v) is 11.6. The minimum atomic E-state index is -0.0600. The highest BCUT2D eigenvalue weighted by Gasteiger charge is 2.46. The van der Waals surface area contributed by atoms with Crippen LogP contribution in [0.4, 0.5) is 0 Å². The standard InChI is InChI=1S/C24H37N3O/c28-23(27-18-13-21(19-27)20-11-7-6-8-12-20)22-24(26-17-16-25-22)14-9-4-2-1-3-5-10-15-24/h6-8,11-12,21-22,25-26H,1-5,9-10,13-19H2/t21-,22?/m1/s1. The summed E-state index contributed by atoms with van der Waals surface area (Å²) < 4.78 is 0. The van der Waals surface area contributed by atoms with E-state index in [4.69, 9.17) is 0 Å². The Balaban J connectivity index is 1.46. The van der Waals surface area contributed by atoms with Crippen molar-refractivity contribution in [1.82, 2.24) is 15.5 Å². The molecule has 1 aromatic carbocycles. The lowest BCUT2D eigenvalue weighted by Crippen LogP contribution is -2.70. The van der Waals surface area contributed by atoms with E-state index >= 15 is 0 Å². The molecule has 0 aromatic heterocycles. The lowest BCUT2D eigenvalue weighted by molar-refractivity contribution is -0.135. The van der Waals surface area contributed by atoms with Crippen molar-refractivity contribution in [3.8, 4) is 0 Å². The third-order valence-corrected chi connectivity index (χ3v) is 7.27. The molecule has 2 N–H and O–H groups in total. The Morgan fingerprint density at radius 3 is 2.32 bits per heavy atom. The highest BCUT2D eigenvalue weighted by Crippen LogP contribution is 2.33. The summed E-state index contributed by atoms with van der Waals surface area (Å²) in [4.78, 5) is 15.8. The Hall–Kier alpha value is -1.39. The summed E-state index contributed by atoms with van der Waals surface area (Å²) in [6, 6.07) is 10.7. The first kappa shape index (κ1) is 19.9. The molecule has 4 heteroatoms. The maximum Gasteiger partial charge on any atom is 0.241 e. The van der Waals surface area contributed by atoms with E-state index in [1.807, 2.05) is 0 Å². The summed E-state index contributed by atoms with van der Waals surface area (Å²) in [6.45, 7) is 3.65. The Bertz CT molecular complexity index is 622. The summed E-state index contributed by atoms with van der Waals surface area (Å²) in [7, 11) is 0. The quantitative estimate of drug-likeness (QED) is 0.816. The number of benzene rings is 1. The zero-order valence-corrected chi connectivity index (χ0v) is 17.3. The van der Waals surface area contributed by atoms with Crippen LogP contribution < -0.4 is 10.6 Å². The topological polar surface area (TPSA) is 44.4 Å². The Morgan fingerprint density at radius 1 is 0.929 bits per heavy atom. The molecule has 3 fully saturated rings. The van der Waals surface area contributed by atoms with E-state index in [1.165, 1.54) is 50.5 Å². The monoisotopic (exact) mass is 383 g/mol. The van der Waals surface area contributed by atoms with Gasteiger partial charge in [-0.1, -0.05) is 75.3 Å². The van der Waals surface area contributed by atoms with E-state index in [9.17, 15) is 4.79 Å². The van der Waals surface area contributed by atoms with Crippen molar-refractivity contribution in [2.75, 3.05) is 26.2 Å². The minimum Gasteiger partial charge on any atom is -0.341 e. The van der Waals surface area contributed by atoms with E-state index in [2.05, 4.69) is 45.9 Å². The number of likely N-dealkylation sites (tertiary alicyclic amines) is 1. The van der Waals surface area contributed by atoms with Crippen molar-refractivity contribution in [2.45, 2.75) is 81.7 Å².